The zero-order chi connectivity index (χ0) is 23.0. The van der Waals surface area contributed by atoms with Crippen LogP contribution in [-0.2, 0) is 38.1 Å². The van der Waals surface area contributed by atoms with Crippen LogP contribution in [0.2, 0.25) is 0 Å². The predicted molar refractivity (Wildman–Crippen MR) is 103 cm³/mol. The van der Waals surface area contributed by atoms with Gasteiger partial charge in [-0.3, -0.25) is 9.59 Å². The van der Waals surface area contributed by atoms with Crippen LogP contribution in [0.15, 0.2) is 34.9 Å². The van der Waals surface area contributed by atoms with Crippen LogP contribution < -0.4 is 0 Å². The molecule has 0 bridgehead atoms. The minimum absolute atomic E-state index is 0.0469. The molecule has 0 amide bonds. The Morgan fingerprint density at radius 2 is 1.87 bits per heavy atom. The van der Waals surface area contributed by atoms with Crippen LogP contribution in [0.5, 0.6) is 0 Å². The second-order valence-corrected chi connectivity index (χ2v) is 8.54. The lowest BCUT2D eigenvalue weighted by Crippen LogP contribution is -2.56. The summed E-state index contributed by atoms with van der Waals surface area (Å²) in [5.41, 5.74) is -2.94. The molecule has 0 aromatic rings. The summed E-state index contributed by atoms with van der Waals surface area (Å²) in [6.45, 7) is 11.2. The Morgan fingerprint density at radius 1 is 1.23 bits per heavy atom. The summed E-state index contributed by atoms with van der Waals surface area (Å²) >= 11 is 0. The molecule has 1 N–H and O–H groups in total. The van der Waals surface area contributed by atoms with Crippen molar-refractivity contribution in [2.75, 3.05) is 0 Å². The third-order valence-corrected chi connectivity index (χ3v) is 6.83. The zero-order valence-electron chi connectivity index (χ0n) is 17.9. The van der Waals surface area contributed by atoms with E-state index in [4.69, 9.17) is 18.9 Å². The van der Waals surface area contributed by atoms with Crippen LogP contribution in [-0.4, -0.2) is 64.4 Å². The van der Waals surface area contributed by atoms with Crippen molar-refractivity contribution in [1.29, 1.82) is 0 Å². The topological polar surface area (TPSA) is 129 Å². The Morgan fingerprint density at radius 3 is 2.45 bits per heavy atom. The average molecular weight is 432 g/mol. The average Bonchev–Trinajstić information content (AvgIpc) is 3.29. The van der Waals surface area contributed by atoms with E-state index < -0.39 is 65.2 Å². The van der Waals surface area contributed by atoms with E-state index in [0.29, 0.717) is 5.57 Å². The fourth-order valence-electron chi connectivity index (χ4n) is 4.98. The summed E-state index contributed by atoms with van der Waals surface area (Å²) in [4.78, 5) is 50.1. The van der Waals surface area contributed by atoms with Gasteiger partial charge in [0.25, 0.3) is 0 Å². The van der Waals surface area contributed by atoms with Gasteiger partial charge in [-0.05, 0) is 33.3 Å². The van der Waals surface area contributed by atoms with Gasteiger partial charge in [0.2, 0.25) is 0 Å². The standard InChI is InChI=1S/C22H24O9/c1-7-8(2)19(25)29-15-10(4)13-14(24)18-21(6,31-18)22(13,27)17-12(9(3)20(26)30-17)16(15)28-11(5)23/h7,12,15-18,27H,3H2,1-2,4-6H3/b8-7-/t12-,15-,16-,17+,18-,21-,22-/m1/s1. The molecule has 166 valence electrons. The summed E-state index contributed by atoms with van der Waals surface area (Å²) in [6.07, 6.45) is -3.16. The van der Waals surface area contributed by atoms with E-state index in [0.717, 1.165) is 0 Å². The van der Waals surface area contributed by atoms with Gasteiger partial charge in [-0.1, -0.05) is 12.7 Å². The van der Waals surface area contributed by atoms with Crippen LogP contribution in [0.3, 0.4) is 0 Å². The fourth-order valence-corrected chi connectivity index (χ4v) is 4.98. The maximum atomic E-state index is 13.1. The summed E-state index contributed by atoms with van der Waals surface area (Å²) in [5.74, 6) is -3.74. The molecule has 7 atom stereocenters. The van der Waals surface area contributed by atoms with E-state index in [1.54, 1.807) is 26.8 Å². The number of epoxide rings is 1. The highest BCUT2D eigenvalue weighted by molar-refractivity contribution is 6.09. The number of hydrogen-bond acceptors (Lipinski definition) is 9. The van der Waals surface area contributed by atoms with Crippen molar-refractivity contribution in [2.45, 2.75) is 70.2 Å². The van der Waals surface area contributed by atoms with Gasteiger partial charge in [0.15, 0.2) is 29.7 Å². The highest BCUT2D eigenvalue weighted by Crippen LogP contribution is 2.63. The Balaban J connectivity index is 1.95. The van der Waals surface area contributed by atoms with Crippen LogP contribution in [0.1, 0.15) is 34.6 Å². The van der Waals surface area contributed by atoms with Crippen LogP contribution in [0, 0.1) is 5.92 Å². The Labute approximate surface area is 178 Å². The smallest absolute Gasteiger partial charge is 0.334 e. The van der Waals surface area contributed by atoms with Gasteiger partial charge in [-0.15, -0.1) is 0 Å². The molecule has 0 aromatic heterocycles. The van der Waals surface area contributed by atoms with E-state index in [2.05, 4.69) is 6.58 Å². The van der Waals surface area contributed by atoms with Crippen LogP contribution >= 0.6 is 0 Å². The summed E-state index contributed by atoms with van der Waals surface area (Å²) in [5, 5.41) is 11.9. The van der Waals surface area contributed by atoms with Gasteiger partial charge in [-0.25, -0.2) is 9.59 Å². The maximum absolute atomic E-state index is 13.1. The molecule has 4 aliphatic rings. The number of fused-ring (bicyclic) bond motifs is 5. The van der Waals surface area contributed by atoms with Gasteiger partial charge in [0.05, 0.1) is 5.92 Å². The number of aliphatic hydroxyl groups is 1. The first-order chi connectivity index (χ1) is 14.4. The molecule has 3 fully saturated rings. The first kappa shape index (κ1) is 21.5. The van der Waals surface area contributed by atoms with Gasteiger partial charge >= 0.3 is 17.9 Å². The molecule has 2 heterocycles. The molecule has 0 radical (unpaired) electrons. The molecule has 2 aliphatic heterocycles. The molecule has 0 spiro atoms. The lowest BCUT2D eigenvalue weighted by atomic mass is 9.76. The van der Waals surface area contributed by atoms with E-state index in [9.17, 15) is 24.3 Å². The highest BCUT2D eigenvalue weighted by Gasteiger charge is 2.83. The van der Waals surface area contributed by atoms with Crippen molar-refractivity contribution < 1.29 is 43.2 Å². The number of allylic oxidation sites excluding steroid dienone is 1. The van der Waals surface area contributed by atoms with Crippen LogP contribution in [0.25, 0.3) is 0 Å². The number of ether oxygens (including phenoxy) is 4. The number of rotatable bonds is 3. The Kier molecular flexibility index (Phi) is 4.57. The first-order valence-corrected chi connectivity index (χ1v) is 9.96. The van der Waals surface area contributed by atoms with E-state index in [1.165, 1.54) is 13.8 Å². The molecule has 31 heavy (non-hydrogen) atoms. The summed E-state index contributed by atoms with van der Waals surface area (Å²) in [6, 6.07) is 0. The summed E-state index contributed by atoms with van der Waals surface area (Å²) in [7, 11) is 0. The minimum atomic E-state index is -2.02. The largest absolute Gasteiger partial charge is 0.457 e. The normalized spacial score (nSPS) is 41.2. The molecule has 2 aliphatic carbocycles. The van der Waals surface area contributed by atoms with Gasteiger partial charge in [0.1, 0.15) is 11.7 Å². The minimum Gasteiger partial charge on any atom is -0.457 e. The van der Waals surface area contributed by atoms with E-state index in [1.807, 2.05) is 0 Å². The number of carbonyl (C=O) groups excluding carboxylic acids is 4. The van der Waals surface area contributed by atoms with E-state index in [-0.39, 0.29) is 16.7 Å². The maximum Gasteiger partial charge on any atom is 0.334 e. The lowest BCUT2D eigenvalue weighted by molar-refractivity contribution is -0.173. The zero-order valence-corrected chi connectivity index (χ0v) is 17.9. The third-order valence-electron chi connectivity index (χ3n) is 6.83. The second-order valence-electron chi connectivity index (χ2n) is 8.54. The highest BCUT2D eigenvalue weighted by atomic mass is 16.6. The number of carbonyl (C=O) groups is 4. The molecule has 2 saturated heterocycles. The monoisotopic (exact) mass is 432 g/mol. The fraction of sp³-hybridized carbons (Fsp3) is 0.545. The van der Waals surface area contributed by atoms with Crippen molar-refractivity contribution in [2.24, 2.45) is 5.92 Å². The predicted octanol–water partition coefficient (Wildman–Crippen LogP) is 0.695. The molecular weight excluding hydrogens is 408 g/mol. The Hall–Kier alpha value is -2.78. The SMILES string of the molecule is C=C1C(=O)O[C@H]2[C@H]1[C@@H](OC(C)=O)[C@H](OC(=O)/C(C)=C\C)C(C)=C1C(=O)[C@H]3O[C@@]3(C)[C@@]12O. The quantitative estimate of drug-likeness (QED) is 0.296. The molecule has 0 unspecified atom stereocenters. The van der Waals surface area contributed by atoms with Crippen molar-refractivity contribution >= 4 is 23.7 Å². The number of hydrogen-bond donors (Lipinski definition) is 1. The molecule has 9 heteroatoms. The van der Waals surface area contributed by atoms with Gasteiger partial charge in [0, 0.05) is 23.6 Å². The lowest BCUT2D eigenvalue weighted by Gasteiger charge is -2.37. The number of esters is 3. The molecule has 1 saturated carbocycles. The van der Waals surface area contributed by atoms with Crippen LogP contribution in [0.4, 0.5) is 0 Å². The van der Waals surface area contributed by atoms with E-state index >= 15 is 0 Å². The number of Topliss-reactive ketones (excluding diaryl/α,β-unsaturated/α-hetero) is 1. The molecule has 0 aromatic carbocycles. The van der Waals surface area contributed by atoms with Gasteiger partial charge in [-0.2, -0.15) is 0 Å². The van der Waals surface area contributed by atoms with Gasteiger partial charge < -0.3 is 24.1 Å². The van der Waals surface area contributed by atoms with Crippen molar-refractivity contribution in [3.63, 3.8) is 0 Å². The first-order valence-electron chi connectivity index (χ1n) is 9.96. The molecule has 4 rings (SSSR count). The van der Waals surface area contributed by atoms with Crippen molar-refractivity contribution in [3.8, 4) is 0 Å². The molecular formula is C22H24O9. The third kappa shape index (κ3) is 2.62. The molecule has 9 nitrogen and oxygen atoms in total. The Bertz CT molecular complexity index is 1000. The summed E-state index contributed by atoms with van der Waals surface area (Å²) < 4.78 is 22.2. The van der Waals surface area contributed by atoms with Crippen molar-refractivity contribution in [3.05, 3.63) is 34.9 Å². The van der Waals surface area contributed by atoms with Crippen molar-refractivity contribution in [1.82, 2.24) is 0 Å². The second kappa shape index (κ2) is 6.61. The number of ketones is 1.